The van der Waals surface area contributed by atoms with Gasteiger partial charge in [-0.2, -0.15) is 0 Å². The molecular formula is C68H79Br3F2N8O15S. The molecule has 3 fully saturated rings. The number of piperidine rings is 1. The molecule has 0 saturated carbocycles. The molecule has 6 aromatic carbocycles. The normalized spacial score (nSPS) is 17.2. The van der Waals surface area contributed by atoms with Crippen molar-refractivity contribution in [3.63, 3.8) is 0 Å². The number of sulfone groups is 1. The summed E-state index contributed by atoms with van der Waals surface area (Å²) in [7, 11) is -1.91. The number of amides is 6. The predicted molar refractivity (Wildman–Crippen MR) is 368 cm³/mol. The number of likely N-dealkylation sites (tertiary alicyclic amines) is 1. The Morgan fingerprint density at radius 3 is 1.21 bits per heavy atom. The molecule has 3 aliphatic heterocycles. The largest absolute Gasteiger partial charge is 0.497 e. The molecular weight excluding hydrogens is 1480 g/mol. The Balaban J connectivity index is 0.000000205. The molecule has 97 heavy (non-hydrogen) atoms. The minimum absolute atomic E-state index is 0.107. The van der Waals surface area contributed by atoms with Crippen molar-refractivity contribution < 1.29 is 81.3 Å². The standard InChI is InChI=1S/C23H28BrN3O5.C23H27BrN2O6S.C22H24BrF2N3O4/c1-15(16-6-8-17(24)9-7-16)25-22(30)20(28)21(29)23(31)27-12-10-26(11-13-27)18-4-3-5-19(14-18)32-2;1-15(16-7-9-17(24)10-8-16)25-22(29)20(27)21(28)23(30)26-13-11-19(12-14-26)33(31,32)18-5-3-2-4-6-18;1-13(14-2-4-15(23)5-3-14)26-21(31)19(29)20(30)22(32)28-10-8-27(9-11-28)18-7-6-16(24)12-17(18)25/h3-9,14-15,20-21,28-29H,10-13H2,1-2H3,(H,25,30);2-10,15,19-21,27-28H,11-14H2,1H3,(H,25,29);2-7,12-13,19-20,29-30H,8-11H2,1H3,(H,26,31)/t15-,20+,21+;15-,20-,21-;13-,19+,20+/m010/s1. The molecule has 3 aliphatic rings. The molecule has 0 aliphatic carbocycles. The lowest BCUT2D eigenvalue weighted by atomic mass is 10.1. The summed E-state index contributed by atoms with van der Waals surface area (Å²) in [5.74, 6) is -5.40. The summed E-state index contributed by atoms with van der Waals surface area (Å²) in [5, 5.41) is 68.8. The fourth-order valence-electron chi connectivity index (χ4n) is 10.9. The zero-order chi connectivity index (χ0) is 70.8. The summed E-state index contributed by atoms with van der Waals surface area (Å²) < 4.78 is 60.6. The third kappa shape index (κ3) is 21.0. The van der Waals surface area contributed by atoms with Crippen molar-refractivity contribution in [2.45, 2.75) is 98.5 Å². The lowest BCUT2D eigenvalue weighted by Gasteiger charge is -2.37. The first kappa shape index (κ1) is 76.9. The van der Waals surface area contributed by atoms with Gasteiger partial charge in [0.15, 0.2) is 46.5 Å². The Morgan fingerprint density at radius 1 is 0.464 bits per heavy atom. The summed E-state index contributed by atoms with van der Waals surface area (Å²) in [6.07, 6.45) is -11.0. The highest BCUT2D eigenvalue weighted by Gasteiger charge is 2.40. The van der Waals surface area contributed by atoms with Crippen molar-refractivity contribution in [2.75, 3.05) is 82.4 Å². The van der Waals surface area contributed by atoms with Crippen LogP contribution in [0.4, 0.5) is 20.2 Å². The van der Waals surface area contributed by atoms with Gasteiger partial charge in [0.1, 0.15) is 17.4 Å². The van der Waals surface area contributed by atoms with Gasteiger partial charge >= 0.3 is 0 Å². The molecule has 29 heteroatoms. The number of nitrogens with one attached hydrogen (secondary N) is 3. The van der Waals surface area contributed by atoms with Gasteiger partial charge in [-0.3, -0.25) is 28.8 Å². The first-order chi connectivity index (χ1) is 46.1. The van der Waals surface area contributed by atoms with Gasteiger partial charge in [-0.1, -0.05) is 108 Å². The van der Waals surface area contributed by atoms with E-state index in [2.05, 4.69) is 68.6 Å². The summed E-state index contributed by atoms with van der Waals surface area (Å²) in [6, 6.07) is 39.6. The lowest BCUT2D eigenvalue weighted by molar-refractivity contribution is -0.154. The van der Waals surface area contributed by atoms with E-state index in [-0.39, 0.29) is 68.7 Å². The average molecular weight is 1560 g/mol. The smallest absolute Gasteiger partial charge is 0.254 e. The van der Waals surface area contributed by atoms with E-state index in [9.17, 15) is 76.6 Å². The van der Waals surface area contributed by atoms with Crippen molar-refractivity contribution in [2.24, 2.45) is 0 Å². The number of carbonyl (C=O) groups is 6. The number of rotatable bonds is 20. The van der Waals surface area contributed by atoms with Crippen LogP contribution in [-0.2, 0) is 38.6 Å². The van der Waals surface area contributed by atoms with Gasteiger partial charge in [0, 0.05) is 96.7 Å². The minimum Gasteiger partial charge on any atom is -0.497 e. The molecule has 9 N–H and O–H groups in total. The van der Waals surface area contributed by atoms with Gasteiger partial charge in [-0.25, -0.2) is 17.2 Å². The molecule has 0 aromatic heterocycles. The first-order valence-corrected chi connectivity index (χ1v) is 35.0. The van der Waals surface area contributed by atoms with Gasteiger partial charge in [0.05, 0.1) is 41.1 Å². The number of hydrogen-bond donors (Lipinski definition) is 9. The summed E-state index contributed by atoms with van der Waals surface area (Å²) in [6.45, 7) is 8.10. The quantitative estimate of drug-likeness (QED) is 0.0456. The zero-order valence-corrected chi connectivity index (χ0v) is 59.1. The van der Waals surface area contributed by atoms with E-state index in [1.807, 2.05) is 72.8 Å². The van der Waals surface area contributed by atoms with Crippen molar-refractivity contribution in [3.05, 3.63) is 187 Å². The maximum absolute atomic E-state index is 14.0. The Bertz CT molecular complexity index is 3740. The number of carbonyl (C=O) groups excluding carboxylic acids is 6. The van der Waals surface area contributed by atoms with E-state index in [0.717, 1.165) is 53.7 Å². The molecule has 0 radical (unpaired) electrons. The molecule has 6 aromatic rings. The second kappa shape index (κ2) is 35.9. The number of aliphatic hydroxyl groups excluding tert-OH is 6. The fourth-order valence-corrected chi connectivity index (χ4v) is 13.4. The van der Waals surface area contributed by atoms with E-state index in [4.69, 9.17) is 4.74 Å². The van der Waals surface area contributed by atoms with E-state index in [1.165, 1.54) is 20.8 Å². The first-order valence-electron chi connectivity index (χ1n) is 31.1. The van der Waals surface area contributed by atoms with Gasteiger partial charge in [-0.05, 0) is 123 Å². The van der Waals surface area contributed by atoms with Gasteiger partial charge < -0.3 is 75.8 Å². The van der Waals surface area contributed by atoms with Crippen LogP contribution >= 0.6 is 47.8 Å². The van der Waals surface area contributed by atoms with Crippen LogP contribution < -0.4 is 30.5 Å². The number of hydrogen-bond acceptors (Lipinski definition) is 17. The summed E-state index contributed by atoms with van der Waals surface area (Å²) >= 11 is 10.0. The molecule has 3 saturated heterocycles. The second-order valence-corrected chi connectivity index (χ2v) is 28.3. The topological polar surface area (TPSA) is 319 Å². The van der Waals surface area contributed by atoms with Crippen LogP contribution in [-0.4, -0.2) is 204 Å². The van der Waals surface area contributed by atoms with E-state index in [1.54, 1.807) is 87.4 Å². The van der Waals surface area contributed by atoms with Crippen LogP contribution in [0, 0.1) is 11.6 Å². The van der Waals surface area contributed by atoms with Crippen molar-refractivity contribution in [1.29, 1.82) is 0 Å². The fraction of sp³-hybridized carbons (Fsp3) is 0.382. The number of anilines is 2. The zero-order valence-electron chi connectivity index (χ0n) is 53.5. The van der Waals surface area contributed by atoms with E-state index >= 15 is 0 Å². The molecule has 9 rings (SSSR count). The Morgan fingerprint density at radius 2 is 0.835 bits per heavy atom. The predicted octanol–water partition coefficient (Wildman–Crippen LogP) is 5.49. The van der Waals surface area contributed by atoms with Gasteiger partial charge in [0.2, 0.25) is 0 Å². The number of methoxy groups -OCH3 is 1. The maximum Gasteiger partial charge on any atom is 0.254 e. The van der Waals surface area contributed by atoms with Crippen molar-refractivity contribution in [3.8, 4) is 5.75 Å². The molecule has 0 spiro atoms. The molecule has 0 bridgehead atoms. The van der Waals surface area contributed by atoms with E-state index < -0.39 is 111 Å². The lowest BCUT2D eigenvalue weighted by Crippen LogP contribution is -2.56. The van der Waals surface area contributed by atoms with Crippen LogP contribution in [0.2, 0.25) is 0 Å². The molecule has 6 amide bonds. The molecule has 0 unspecified atom stereocenters. The van der Waals surface area contributed by atoms with Crippen LogP contribution in [0.3, 0.4) is 0 Å². The Labute approximate surface area is 586 Å². The number of benzene rings is 6. The highest BCUT2D eigenvalue weighted by atomic mass is 79.9. The maximum atomic E-state index is 14.0. The van der Waals surface area contributed by atoms with Crippen LogP contribution in [0.1, 0.15) is 68.4 Å². The SMILES string of the molecule is COc1cccc(N2CCN(C(=O)[C@H](O)[C@@H](O)C(=O)N[C@@H](C)c3ccc(Br)cc3)CC2)c1.C[C@@H](NC(=O)[C@H](O)[C@@H](O)C(=O)N1CCC(S(=O)(=O)c2ccccc2)CC1)c1ccc(Br)cc1.C[C@H](NC(=O)[C@H](O)[C@@H](O)C(=O)N1CCN(c2ccc(F)cc2F)CC1)c1ccc(Br)cc1. The summed E-state index contributed by atoms with van der Waals surface area (Å²) in [5.41, 5.74) is 3.63. The minimum atomic E-state index is -3.52. The van der Waals surface area contributed by atoms with Crippen LogP contribution in [0.25, 0.3) is 0 Å². The molecule has 522 valence electrons. The van der Waals surface area contributed by atoms with Crippen LogP contribution in [0.15, 0.2) is 164 Å². The number of piperazine rings is 2. The van der Waals surface area contributed by atoms with Gasteiger partial charge in [0.25, 0.3) is 35.4 Å². The van der Waals surface area contributed by atoms with Gasteiger partial charge in [-0.15, -0.1) is 0 Å². The van der Waals surface area contributed by atoms with Crippen molar-refractivity contribution >= 4 is 104 Å². The third-order valence-corrected chi connectivity index (χ3v) is 20.6. The highest BCUT2D eigenvalue weighted by Crippen LogP contribution is 2.28. The molecule has 9 atom stereocenters. The Kier molecular flexibility index (Phi) is 28.4. The van der Waals surface area contributed by atoms with E-state index in [0.29, 0.717) is 26.2 Å². The third-order valence-electron chi connectivity index (χ3n) is 16.8. The molecule has 3 heterocycles. The summed E-state index contributed by atoms with van der Waals surface area (Å²) in [4.78, 5) is 83.1. The number of aliphatic hydroxyl groups is 6. The highest BCUT2D eigenvalue weighted by molar-refractivity contribution is 9.11. The monoisotopic (exact) mass is 1550 g/mol. The Hall–Kier alpha value is -7.45. The number of nitrogens with zero attached hydrogens (tertiary/aromatic N) is 5. The van der Waals surface area contributed by atoms with Crippen molar-refractivity contribution in [1.82, 2.24) is 30.7 Å². The van der Waals surface area contributed by atoms with Crippen LogP contribution in [0.5, 0.6) is 5.75 Å². The number of halogens is 5. The number of ether oxygens (including phenoxy) is 1. The second-order valence-electron chi connectivity index (χ2n) is 23.3. The average Bonchev–Trinajstić information content (AvgIpc) is 0.848. The molecule has 23 nitrogen and oxygen atoms in total.